The maximum Gasteiger partial charge on any atom is 0.373 e. The van der Waals surface area contributed by atoms with Crippen molar-refractivity contribution in [1.82, 2.24) is 9.80 Å². The van der Waals surface area contributed by atoms with Crippen molar-refractivity contribution in [2.75, 3.05) is 40.5 Å². The largest absolute Gasteiger partial charge is 0.384 e. The van der Waals surface area contributed by atoms with Gasteiger partial charge in [0.25, 0.3) is 0 Å². The molecular formula is C35H46N2O6. The summed E-state index contributed by atoms with van der Waals surface area (Å²) in [6.45, 7) is 11.5. The summed E-state index contributed by atoms with van der Waals surface area (Å²) in [7, 11) is 3.47. The third-order valence-electron chi connectivity index (χ3n) is 11.3. The molecule has 6 rings (SSSR count). The summed E-state index contributed by atoms with van der Waals surface area (Å²) >= 11 is 0. The molecule has 2 aliphatic heterocycles. The van der Waals surface area contributed by atoms with Gasteiger partial charge in [0.15, 0.2) is 0 Å². The number of hydrogen-bond donors (Lipinski definition) is 0. The molecule has 0 unspecified atom stereocenters. The zero-order valence-corrected chi connectivity index (χ0v) is 26.4. The van der Waals surface area contributed by atoms with E-state index in [4.69, 9.17) is 19.1 Å². The molecule has 2 aromatic carbocycles. The molecule has 2 aromatic rings. The molecule has 0 bridgehead atoms. The van der Waals surface area contributed by atoms with Crippen LogP contribution in [-0.4, -0.2) is 68.3 Å². The monoisotopic (exact) mass is 590 g/mol. The second kappa shape index (κ2) is 12.7. The Balaban J connectivity index is 0.000000181. The molecule has 4 aliphatic rings. The Kier molecular flexibility index (Phi) is 9.65. The van der Waals surface area contributed by atoms with Gasteiger partial charge in [-0.2, -0.15) is 9.59 Å². The summed E-state index contributed by atoms with van der Waals surface area (Å²) in [4.78, 5) is 46.1. The van der Waals surface area contributed by atoms with Gasteiger partial charge in [0, 0.05) is 38.1 Å². The number of nitrogens with zero attached hydrogens (tertiary/aromatic N) is 2. The average Bonchev–Trinajstić information content (AvgIpc) is 3.25. The van der Waals surface area contributed by atoms with E-state index in [0.717, 1.165) is 38.8 Å². The molecular weight excluding hydrogens is 544 g/mol. The first-order valence-corrected chi connectivity index (χ1v) is 15.2. The highest BCUT2D eigenvalue weighted by Gasteiger charge is 2.68. The van der Waals surface area contributed by atoms with Crippen LogP contribution in [0.5, 0.6) is 0 Å². The Morgan fingerprint density at radius 2 is 1.00 bits per heavy atom. The Hall–Kier alpha value is -3.32. The smallest absolute Gasteiger partial charge is 0.373 e. The minimum atomic E-state index is -0.216. The molecule has 0 N–H and O–H groups in total. The fraction of sp³-hybridized carbons (Fsp3) is 0.571. The number of ether oxygens (including phenoxy) is 2. The molecule has 0 radical (unpaired) electrons. The van der Waals surface area contributed by atoms with Crippen LogP contribution in [0.1, 0.15) is 76.6 Å². The predicted octanol–water partition coefficient (Wildman–Crippen LogP) is 5.46. The maximum atomic E-state index is 12.9. The molecule has 8 heteroatoms. The molecule has 2 aliphatic carbocycles. The Morgan fingerprint density at radius 3 is 1.26 bits per heavy atom. The highest BCUT2D eigenvalue weighted by Crippen LogP contribution is 2.64. The van der Waals surface area contributed by atoms with E-state index in [2.05, 4.69) is 61.8 Å². The zero-order valence-electron chi connectivity index (χ0n) is 26.4. The van der Waals surface area contributed by atoms with Crippen molar-refractivity contribution in [2.45, 2.75) is 65.5 Å². The predicted molar refractivity (Wildman–Crippen MR) is 161 cm³/mol. The van der Waals surface area contributed by atoms with Crippen molar-refractivity contribution < 1.29 is 28.7 Å². The van der Waals surface area contributed by atoms with E-state index in [1.165, 1.54) is 11.1 Å². The lowest BCUT2D eigenvalue weighted by Gasteiger charge is -2.50. The van der Waals surface area contributed by atoms with Crippen LogP contribution < -0.4 is 0 Å². The number of benzene rings is 2. The van der Waals surface area contributed by atoms with E-state index in [-0.39, 0.29) is 39.9 Å². The van der Waals surface area contributed by atoms with Crippen LogP contribution in [0.4, 0.5) is 0 Å². The van der Waals surface area contributed by atoms with Gasteiger partial charge < -0.3 is 19.3 Å². The van der Waals surface area contributed by atoms with Gasteiger partial charge in [0.05, 0.1) is 36.1 Å². The van der Waals surface area contributed by atoms with Gasteiger partial charge >= 0.3 is 6.15 Å². The normalized spacial score (nSPS) is 31.6. The summed E-state index contributed by atoms with van der Waals surface area (Å²) in [5, 5.41) is 0. The fourth-order valence-corrected chi connectivity index (χ4v) is 7.87. The first-order valence-electron chi connectivity index (χ1n) is 15.2. The quantitative estimate of drug-likeness (QED) is 0.405. The number of likely N-dealkylation sites (tertiary alicyclic amines) is 2. The molecule has 0 spiro atoms. The molecule has 232 valence electrons. The highest BCUT2D eigenvalue weighted by molar-refractivity contribution is 5.88. The number of fused-ring (bicyclic) bond motifs is 2. The minimum Gasteiger partial charge on any atom is -0.384 e. The first kappa shape index (κ1) is 32.6. The summed E-state index contributed by atoms with van der Waals surface area (Å²) < 4.78 is 10.8. The summed E-state index contributed by atoms with van der Waals surface area (Å²) in [5.41, 5.74) is 2.04. The topological polar surface area (TPSA) is 93.2 Å². The van der Waals surface area contributed by atoms with Crippen molar-refractivity contribution in [3.8, 4) is 0 Å². The number of carbonyl (C=O) groups excluding carboxylic acids is 4. The van der Waals surface area contributed by atoms with Crippen LogP contribution in [0, 0.1) is 21.7 Å². The molecule has 2 heterocycles. The number of rotatable bonds is 8. The van der Waals surface area contributed by atoms with Crippen molar-refractivity contribution in [2.24, 2.45) is 21.7 Å². The number of hydrogen-bond acceptors (Lipinski definition) is 6. The molecule has 2 amide bonds. The number of methoxy groups -OCH3 is 2. The van der Waals surface area contributed by atoms with Crippen molar-refractivity contribution in [3.05, 3.63) is 71.8 Å². The molecule has 43 heavy (non-hydrogen) atoms. The lowest BCUT2D eigenvalue weighted by Crippen LogP contribution is -2.52. The molecule has 8 nitrogen and oxygen atoms in total. The third-order valence-corrected chi connectivity index (χ3v) is 11.3. The average molecular weight is 591 g/mol. The second-order valence-electron chi connectivity index (χ2n) is 13.2. The fourth-order valence-electron chi connectivity index (χ4n) is 7.87. The van der Waals surface area contributed by atoms with Crippen molar-refractivity contribution >= 4 is 18.0 Å². The van der Waals surface area contributed by atoms with E-state index in [1.54, 1.807) is 14.2 Å². The standard InChI is InChI=1S/2C17H23NO2.CO2/c2*1-13(14-7-5-4-6-8-14)18-11-17(12-20-3)10-9-16(17,2)15(18)19;2-1-3/h2*4-8,13H,9-12H2,1-3H3;/t2*13-,16+,17-;/m11./s1. The summed E-state index contributed by atoms with van der Waals surface area (Å²) in [5.74, 6) is 0.606. The van der Waals surface area contributed by atoms with E-state index >= 15 is 0 Å². The Labute approximate surface area is 255 Å². The van der Waals surface area contributed by atoms with Crippen LogP contribution in [0.3, 0.4) is 0 Å². The van der Waals surface area contributed by atoms with Crippen LogP contribution in [-0.2, 0) is 28.7 Å². The van der Waals surface area contributed by atoms with E-state index in [9.17, 15) is 9.59 Å². The van der Waals surface area contributed by atoms with Crippen LogP contribution in [0.25, 0.3) is 0 Å². The van der Waals surface area contributed by atoms with Crippen LogP contribution >= 0.6 is 0 Å². The SMILES string of the molecule is COC[C@]12CC[C@@]1(C)C(=O)N([C@H](C)c1ccccc1)C2.COC[C@]12CC[C@@]1(C)C(=O)N([C@H](C)c1ccccc1)C2.O=C=O. The minimum absolute atomic E-state index is 0.0296. The molecule has 6 atom stereocenters. The highest BCUT2D eigenvalue weighted by atomic mass is 16.5. The van der Waals surface area contributed by atoms with Crippen molar-refractivity contribution in [3.63, 3.8) is 0 Å². The first-order chi connectivity index (χ1) is 20.5. The number of carbonyl (C=O) groups is 2. The zero-order chi connectivity index (χ0) is 31.5. The maximum absolute atomic E-state index is 12.9. The van der Waals surface area contributed by atoms with Crippen molar-refractivity contribution in [1.29, 1.82) is 0 Å². The Bertz CT molecular complexity index is 1220. The molecule has 2 saturated carbocycles. The second-order valence-corrected chi connectivity index (χ2v) is 13.2. The van der Waals surface area contributed by atoms with Gasteiger partial charge in [-0.3, -0.25) is 9.59 Å². The third kappa shape index (κ3) is 5.34. The lowest BCUT2D eigenvalue weighted by atomic mass is 9.52. The number of amides is 2. The van der Waals surface area contributed by atoms with Crippen LogP contribution in [0.15, 0.2) is 60.7 Å². The van der Waals surface area contributed by atoms with Gasteiger partial charge in [-0.15, -0.1) is 0 Å². The van der Waals surface area contributed by atoms with Gasteiger partial charge in [0.2, 0.25) is 11.8 Å². The van der Waals surface area contributed by atoms with E-state index in [1.807, 2.05) is 36.4 Å². The van der Waals surface area contributed by atoms with Gasteiger partial charge in [0.1, 0.15) is 0 Å². The van der Waals surface area contributed by atoms with Gasteiger partial charge in [-0.05, 0) is 50.7 Å². The van der Waals surface area contributed by atoms with E-state index < -0.39 is 0 Å². The lowest BCUT2D eigenvalue weighted by molar-refractivity contribution is -0.191. The van der Waals surface area contributed by atoms with Gasteiger partial charge in [-0.25, -0.2) is 0 Å². The van der Waals surface area contributed by atoms with E-state index in [0.29, 0.717) is 25.0 Å². The summed E-state index contributed by atoms with van der Waals surface area (Å²) in [6, 6.07) is 20.8. The summed E-state index contributed by atoms with van der Waals surface area (Å²) in [6.07, 6.45) is 4.43. The molecule has 2 saturated heterocycles. The van der Waals surface area contributed by atoms with Crippen LogP contribution in [0.2, 0.25) is 0 Å². The van der Waals surface area contributed by atoms with Gasteiger partial charge in [-0.1, -0.05) is 74.5 Å². The Morgan fingerprint density at radius 1 is 0.674 bits per heavy atom. The molecule has 4 fully saturated rings. The molecule has 0 aromatic heterocycles.